The third-order valence-corrected chi connectivity index (χ3v) is 7.99. The maximum Gasteiger partial charge on any atom is 0.250 e. The minimum absolute atomic E-state index is 0.0382. The smallest absolute Gasteiger partial charge is 0.250 e. The van der Waals surface area contributed by atoms with Gasteiger partial charge in [-0.05, 0) is 80.8 Å². The van der Waals surface area contributed by atoms with Gasteiger partial charge in [-0.2, -0.15) is 0 Å². The van der Waals surface area contributed by atoms with Gasteiger partial charge in [0.15, 0.2) is 0 Å². The molecule has 154 valence electrons. The number of benzene rings is 1. The molecule has 4 heteroatoms. The average Bonchev–Trinajstić information content (AvgIpc) is 2.72. The van der Waals surface area contributed by atoms with Gasteiger partial charge in [0.05, 0.1) is 5.69 Å². The van der Waals surface area contributed by atoms with Crippen LogP contribution >= 0.6 is 0 Å². The fraction of sp³-hybridized carbons (Fsp3) is 0.560. The van der Waals surface area contributed by atoms with Crippen LogP contribution in [0.1, 0.15) is 44.9 Å². The van der Waals surface area contributed by atoms with E-state index >= 15 is 0 Å². The van der Waals surface area contributed by atoms with Crippen LogP contribution in [-0.2, 0) is 7.05 Å². The highest BCUT2D eigenvalue weighted by Gasteiger charge is 2.39. The van der Waals surface area contributed by atoms with Gasteiger partial charge in [-0.15, -0.1) is 0 Å². The summed E-state index contributed by atoms with van der Waals surface area (Å²) in [4.78, 5) is 17.2. The van der Waals surface area contributed by atoms with Gasteiger partial charge in [-0.3, -0.25) is 4.79 Å². The van der Waals surface area contributed by atoms with Gasteiger partial charge in [-0.1, -0.05) is 24.6 Å². The van der Waals surface area contributed by atoms with Crippen molar-refractivity contribution in [1.82, 2.24) is 9.47 Å². The lowest BCUT2D eigenvalue weighted by Crippen LogP contribution is -2.50. The molecule has 29 heavy (non-hydrogen) atoms. The molecule has 0 unspecified atom stereocenters. The van der Waals surface area contributed by atoms with Crippen LogP contribution in [0.4, 0.5) is 5.69 Å². The number of likely N-dealkylation sites (tertiary alicyclic amines) is 1. The summed E-state index contributed by atoms with van der Waals surface area (Å²) in [6, 6.07) is 15.1. The first kappa shape index (κ1) is 18.9. The van der Waals surface area contributed by atoms with E-state index in [-0.39, 0.29) is 5.56 Å². The van der Waals surface area contributed by atoms with Gasteiger partial charge in [0, 0.05) is 37.9 Å². The minimum Gasteiger partial charge on any atom is -0.371 e. The Morgan fingerprint density at radius 3 is 2.14 bits per heavy atom. The van der Waals surface area contributed by atoms with Crippen molar-refractivity contribution in [2.45, 2.75) is 51.0 Å². The van der Waals surface area contributed by atoms with E-state index in [1.807, 2.05) is 19.2 Å². The largest absolute Gasteiger partial charge is 0.371 e. The quantitative estimate of drug-likeness (QED) is 0.782. The molecule has 0 amide bonds. The molecule has 3 aliphatic rings. The Morgan fingerprint density at radius 1 is 0.862 bits per heavy atom. The zero-order chi connectivity index (χ0) is 19.8. The van der Waals surface area contributed by atoms with E-state index in [1.54, 1.807) is 10.6 Å². The average molecular weight is 392 g/mol. The molecule has 0 atom stereocenters. The maximum atomic E-state index is 11.9. The van der Waals surface area contributed by atoms with Gasteiger partial charge < -0.3 is 14.4 Å². The third kappa shape index (κ3) is 3.63. The van der Waals surface area contributed by atoms with Crippen LogP contribution in [0.3, 0.4) is 0 Å². The molecule has 1 aromatic carbocycles. The lowest BCUT2D eigenvalue weighted by Gasteiger charge is -2.50. The van der Waals surface area contributed by atoms with Crippen molar-refractivity contribution in [2.75, 3.05) is 31.1 Å². The first-order valence-electron chi connectivity index (χ1n) is 11.4. The van der Waals surface area contributed by atoms with Crippen LogP contribution in [0.15, 0.2) is 47.3 Å². The van der Waals surface area contributed by atoms with Crippen LogP contribution < -0.4 is 10.5 Å². The number of pyridine rings is 1. The number of hydrogen-bond donors (Lipinski definition) is 0. The molecule has 2 aliphatic heterocycles. The summed E-state index contributed by atoms with van der Waals surface area (Å²) in [6.45, 7) is 5.00. The number of aromatic nitrogens is 1. The fourth-order valence-electron chi connectivity index (χ4n) is 5.55. The second-order valence-electron chi connectivity index (χ2n) is 9.46. The molecule has 1 aromatic heterocycles. The first-order valence-corrected chi connectivity index (χ1v) is 11.4. The molecule has 4 nitrogen and oxygen atoms in total. The van der Waals surface area contributed by atoms with E-state index in [1.165, 1.54) is 76.8 Å². The predicted molar refractivity (Wildman–Crippen MR) is 119 cm³/mol. The Kier molecular flexibility index (Phi) is 4.99. The van der Waals surface area contributed by atoms with Crippen molar-refractivity contribution in [3.63, 3.8) is 0 Å². The number of hydrogen-bond acceptors (Lipinski definition) is 3. The Balaban J connectivity index is 1.21. The van der Waals surface area contributed by atoms with Crippen LogP contribution in [-0.4, -0.2) is 41.7 Å². The molecule has 3 heterocycles. The minimum atomic E-state index is 0.0382. The second kappa shape index (κ2) is 7.64. The topological polar surface area (TPSA) is 28.5 Å². The summed E-state index contributed by atoms with van der Waals surface area (Å²) in [5.41, 5.74) is 4.03. The summed E-state index contributed by atoms with van der Waals surface area (Å²) in [5, 5.41) is 0. The highest BCUT2D eigenvalue weighted by molar-refractivity contribution is 5.63. The van der Waals surface area contributed by atoms with E-state index in [2.05, 4.69) is 34.1 Å². The molecular formula is C25H33N3O. The third-order valence-electron chi connectivity index (χ3n) is 7.99. The molecule has 0 bridgehead atoms. The van der Waals surface area contributed by atoms with E-state index in [9.17, 15) is 4.79 Å². The van der Waals surface area contributed by atoms with Crippen molar-refractivity contribution in [3.8, 4) is 11.3 Å². The number of nitrogens with zero attached hydrogens (tertiary/aromatic N) is 3. The van der Waals surface area contributed by atoms with Crippen molar-refractivity contribution < 1.29 is 0 Å². The molecule has 3 fully saturated rings. The summed E-state index contributed by atoms with van der Waals surface area (Å²) < 4.78 is 1.72. The number of anilines is 1. The highest BCUT2D eigenvalue weighted by atomic mass is 16.1. The monoisotopic (exact) mass is 391 g/mol. The van der Waals surface area contributed by atoms with Gasteiger partial charge in [0.1, 0.15) is 0 Å². The van der Waals surface area contributed by atoms with E-state index in [4.69, 9.17) is 0 Å². The van der Waals surface area contributed by atoms with Crippen LogP contribution in [0.5, 0.6) is 0 Å². The van der Waals surface area contributed by atoms with Gasteiger partial charge in [-0.25, -0.2) is 0 Å². The molecule has 0 N–H and O–H groups in total. The van der Waals surface area contributed by atoms with Gasteiger partial charge >= 0.3 is 0 Å². The fourth-order valence-corrected chi connectivity index (χ4v) is 5.55. The van der Waals surface area contributed by atoms with Crippen LogP contribution in [0.25, 0.3) is 11.3 Å². The Hall–Kier alpha value is -2.07. The number of rotatable bonds is 3. The van der Waals surface area contributed by atoms with Gasteiger partial charge in [0.25, 0.3) is 5.56 Å². The summed E-state index contributed by atoms with van der Waals surface area (Å²) in [6.07, 6.45) is 9.79. The lowest BCUT2D eigenvalue weighted by atomic mass is 9.70. The molecule has 1 spiro atoms. The Morgan fingerprint density at radius 2 is 1.52 bits per heavy atom. The van der Waals surface area contributed by atoms with Crippen molar-refractivity contribution in [3.05, 3.63) is 52.8 Å². The maximum absolute atomic E-state index is 11.9. The second-order valence-corrected chi connectivity index (χ2v) is 9.46. The van der Waals surface area contributed by atoms with Crippen molar-refractivity contribution >= 4 is 5.69 Å². The van der Waals surface area contributed by atoms with E-state index < -0.39 is 0 Å². The SMILES string of the molecule is Cn1c(-c2ccc(N3CCC4(CC3)CCN(C3CCC3)CC4)cc2)cccc1=O. The van der Waals surface area contributed by atoms with E-state index in [0.717, 1.165) is 17.3 Å². The van der Waals surface area contributed by atoms with Gasteiger partial charge in [0.2, 0.25) is 0 Å². The Bertz CT molecular complexity index is 894. The molecular weight excluding hydrogens is 358 g/mol. The molecule has 2 aromatic rings. The molecule has 1 saturated carbocycles. The summed E-state index contributed by atoms with van der Waals surface area (Å²) in [5.74, 6) is 0. The molecule has 0 radical (unpaired) electrons. The molecule has 5 rings (SSSR count). The zero-order valence-electron chi connectivity index (χ0n) is 17.6. The molecule has 1 aliphatic carbocycles. The summed E-state index contributed by atoms with van der Waals surface area (Å²) in [7, 11) is 1.84. The van der Waals surface area contributed by atoms with Crippen molar-refractivity contribution in [1.29, 1.82) is 0 Å². The first-order chi connectivity index (χ1) is 14.1. The summed E-state index contributed by atoms with van der Waals surface area (Å²) >= 11 is 0. The Labute approximate surface area is 174 Å². The standard InChI is InChI=1S/C25H33N3O/c1-26-23(6-3-7-24(26)29)20-8-10-22(11-9-20)28-18-14-25(15-19-28)12-16-27(17-13-25)21-4-2-5-21/h3,6-11,21H,2,4-5,12-19H2,1H3. The van der Waals surface area contributed by atoms with Crippen LogP contribution in [0, 0.1) is 5.41 Å². The van der Waals surface area contributed by atoms with E-state index in [0.29, 0.717) is 5.41 Å². The molecule has 2 saturated heterocycles. The lowest BCUT2D eigenvalue weighted by molar-refractivity contribution is 0.0306. The normalized spacial score (nSPS) is 22.6. The van der Waals surface area contributed by atoms with Crippen LogP contribution in [0.2, 0.25) is 0 Å². The zero-order valence-corrected chi connectivity index (χ0v) is 17.6. The highest BCUT2D eigenvalue weighted by Crippen LogP contribution is 2.43. The van der Waals surface area contributed by atoms with Crippen molar-refractivity contribution in [2.24, 2.45) is 12.5 Å². The number of piperidine rings is 2. The predicted octanol–water partition coefficient (Wildman–Crippen LogP) is 4.29.